The number of hydrogen-bond donors (Lipinski definition) is 2. The van der Waals surface area contributed by atoms with Gasteiger partial charge in [-0.15, -0.1) is 0 Å². The lowest BCUT2D eigenvalue weighted by Crippen LogP contribution is -2.51. The van der Waals surface area contributed by atoms with Gasteiger partial charge in [-0.2, -0.15) is 0 Å². The summed E-state index contributed by atoms with van der Waals surface area (Å²) in [4.78, 5) is 0. The van der Waals surface area contributed by atoms with Crippen LogP contribution in [0.5, 0.6) is 0 Å². The van der Waals surface area contributed by atoms with Gasteiger partial charge in [0.15, 0.2) is 0 Å². The summed E-state index contributed by atoms with van der Waals surface area (Å²) in [5.41, 5.74) is -0.00514. The molecule has 2 aliphatic carbocycles. The van der Waals surface area contributed by atoms with Gasteiger partial charge in [0.05, 0.1) is 11.7 Å². The molecule has 3 heteroatoms. The van der Waals surface area contributed by atoms with Crippen molar-refractivity contribution in [1.82, 2.24) is 5.32 Å². The predicted octanol–water partition coefficient (Wildman–Crippen LogP) is 2.47. The molecule has 2 saturated carbocycles. The average Bonchev–Trinajstić information content (AvgIpc) is 2.25. The summed E-state index contributed by atoms with van der Waals surface area (Å²) in [6, 6.07) is 1.33. The van der Waals surface area contributed by atoms with Crippen LogP contribution in [0.3, 0.4) is 0 Å². The van der Waals surface area contributed by atoms with Gasteiger partial charge in [0.25, 0.3) is 0 Å². The van der Waals surface area contributed by atoms with Crippen LogP contribution < -0.4 is 5.32 Å². The minimum Gasteiger partial charge on any atom is -0.396 e. The van der Waals surface area contributed by atoms with Crippen LogP contribution in [-0.2, 0) is 4.74 Å². The van der Waals surface area contributed by atoms with Crippen LogP contribution in [0.4, 0.5) is 0 Å². The zero-order valence-corrected chi connectivity index (χ0v) is 12.1. The molecule has 0 bridgehead atoms. The highest BCUT2D eigenvalue weighted by atomic mass is 16.5. The van der Waals surface area contributed by atoms with Crippen molar-refractivity contribution in [2.24, 2.45) is 5.92 Å². The Hall–Kier alpha value is -0.120. The molecule has 2 aliphatic rings. The first-order valence-electron chi connectivity index (χ1n) is 7.51. The molecule has 2 N–H and O–H groups in total. The lowest BCUT2D eigenvalue weighted by molar-refractivity contribution is -0.104. The maximum Gasteiger partial charge on any atom is 0.0612 e. The second-order valence-electron chi connectivity index (χ2n) is 7.09. The molecule has 18 heavy (non-hydrogen) atoms. The third-order valence-electron chi connectivity index (χ3n) is 4.19. The molecule has 0 aromatic heterocycles. The van der Waals surface area contributed by atoms with Gasteiger partial charge in [-0.1, -0.05) is 0 Å². The molecule has 0 unspecified atom stereocenters. The molecule has 0 heterocycles. The summed E-state index contributed by atoms with van der Waals surface area (Å²) in [5.74, 6) is 0.557. The zero-order chi connectivity index (χ0) is 13.2. The van der Waals surface area contributed by atoms with Crippen LogP contribution >= 0.6 is 0 Å². The fourth-order valence-electron chi connectivity index (χ4n) is 3.14. The smallest absolute Gasteiger partial charge is 0.0612 e. The van der Waals surface area contributed by atoms with Crippen molar-refractivity contribution in [3.05, 3.63) is 0 Å². The van der Waals surface area contributed by atoms with E-state index in [9.17, 15) is 0 Å². The van der Waals surface area contributed by atoms with Crippen molar-refractivity contribution in [1.29, 1.82) is 0 Å². The first kappa shape index (κ1) is 14.3. The molecular weight excluding hydrogens is 226 g/mol. The van der Waals surface area contributed by atoms with Crippen LogP contribution in [0.2, 0.25) is 0 Å². The molecule has 3 nitrogen and oxygen atoms in total. The Bertz CT molecular complexity index is 248. The molecule has 0 radical (unpaired) electrons. The molecule has 0 aromatic rings. The molecular formula is C15H29NO2. The second-order valence-corrected chi connectivity index (χ2v) is 7.09. The van der Waals surface area contributed by atoms with E-state index in [4.69, 9.17) is 9.84 Å². The Morgan fingerprint density at radius 2 is 1.67 bits per heavy atom. The van der Waals surface area contributed by atoms with Crippen molar-refractivity contribution < 1.29 is 9.84 Å². The fraction of sp³-hybridized carbons (Fsp3) is 1.00. The summed E-state index contributed by atoms with van der Waals surface area (Å²) in [6.45, 7) is 6.76. The minimum atomic E-state index is -0.00514. The third kappa shape index (κ3) is 4.22. The van der Waals surface area contributed by atoms with E-state index in [0.717, 1.165) is 12.8 Å². The molecule has 0 saturated heterocycles. The highest BCUT2D eigenvalue weighted by molar-refractivity contribution is 4.90. The van der Waals surface area contributed by atoms with Crippen LogP contribution in [0.25, 0.3) is 0 Å². The van der Waals surface area contributed by atoms with E-state index in [1.165, 1.54) is 25.7 Å². The monoisotopic (exact) mass is 255 g/mol. The summed E-state index contributed by atoms with van der Waals surface area (Å²) in [7, 11) is 0. The van der Waals surface area contributed by atoms with E-state index < -0.39 is 0 Å². The van der Waals surface area contributed by atoms with Gasteiger partial charge in [0.2, 0.25) is 0 Å². The molecule has 2 fully saturated rings. The molecule has 0 atom stereocenters. The Balaban J connectivity index is 1.60. The second kappa shape index (κ2) is 5.89. The Kier molecular flexibility index (Phi) is 4.68. The van der Waals surface area contributed by atoms with Gasteiger partial charge >= 0.3 is 0 Å². The van der Waals surface area contributed by atoms with Crippen molar-refractivity contribution >= 4 is 0 Å². The van der Waals surface area contributed by atoms with Crippen LogP contribution in [0.15, 0.2) is 0 Å². The third-order valence-corrected chi connectivity index (χ3v) is 4.19. The van der Waals surface area contributed by atoms with E-state index in [1.807, 2.05) is 0 Å². The van der Waals surface area contributed by atoms with Crippen molar-refractivity contribution in [3.63, 3.8) is 0 Å². The fourth-order valence-corrected chi connectivity index (χ4v) is 3.14. The first-order valence-corrected chi connectivity index (χ1v) is 7.51. The summed E-state index contributed by atoms with van der Waals surface area (Å²) in [6.07, 6.45) is 7.61. The summed E-state index contributed by atoms with van der Waals surface area (Å²) >= 11 is 0. The average molecular weight is 255 g/mol. The largest absolute Gasteiger partial charge is 0.396 e. The van der Waals surface area contributed by atoms with Crippen molar-refractivity contribution in [2.45, 2.75) is 83.1 Å². The lowest BCUT2D eigenvalue weighted by atomic mass is 9.83. The lowest BCUT2D eigenvalue weighted by Gasteiger charge is -2.42. The van der Waals surface area contributed by atoms with Gasteiger partial charge in [-0.25, -0.2) is 0 Å². The topological polar surface area (TPSA) is 41.5 Å². The molecule has 2 rings (SSSR count). The molecule has 0 amide bonds. The van der Waals surface area contributed by atoms with E-state index in [1.54, 1.807) is 0 Å². The SMILES string of the molecule is CC(C)(C)OC1CC(NC2CCC(CO)CC2)C1. The van der Waals surface area contributed by atoms with E-state index in [2.05, 4.69) is 26.1 Å². The molecule has 0 aliphatic heterocycles. The summed E-state index contributed by atoms with van der Waals surface area (Å²) in [5, 5.41) is 12.9. The van der Waals surface area contributed by atoms with Gasteiger partial charge in [-0.3, -0.25) is 0 Å². The quantitative estimate of drug-likeness (QED) is 0.811. The van der Waals surface area contributed by atoms with Gasteiger partial charge in [0.1, 0.15) is 0 Å². The van der Waals surface area contributed by atoms with Crippen molar-refractivity contribution in [3.8, 4) is 0 Å². The molecule has 0 spiro atoms. The Labute approximate surface area is 111 Å². The Morgan fingerprint density at radius 3 is 2.17 bits per heavy atom. The van der Waals surface area contributed by atoms with Crippen molar-refractivity contribution in [2.75, 3.05) is 6.61 Å². The minimum absolute atomic E-state index is 0.00514. The molecule has 0 aromatic carbocycles. The van der Waals surface area contributed by atoms with Gasteiger partial charge in [-0.05, 0) is 65.2 Å². The normalized spacial score (nSPS) is 37.3. The highest BCUT2D eigenvalue weighted by Crippen LogP contribution is 2.30. The maximum atomic E-state index is 9.12. The van der Waals surface area contributed by atoms with E-state index >= 15 is 0 Å². The predicted molar refractivity (Wildman–Crippen MR) is 73.6 cm³/mol. The maximum absolute atomic E-state index is 9.12. The number of ether oxygens (including phenoxy) is 1. The van der Waals surface area contributed by atoms with E-state index in [0.29, 0.717) is 30.7 Å². The van der Waals surface area contributed by atoms with Crippen LogP contribution in [-0.4, -0.2) is 35.5 Å². The number of rotatable bonds is 4. The standard InChI is InChI=1S/C15H29NO2/c1-15(2,3)18-14-8-13(9-14)16-12-6-4-11(10-17)5-7-12/h11-14,16-17H,4-10H2,1-3H3. The van der Waals surface area contributed by atoms with Gasteiger partial charge in [0, 0.05) is 18.7 Å². The number of aliphatic hydroxyl groups is 1. The summed E-state index contributed by atoms with van der Waals surface area (Å²) < 4.78 is 5.95. The van der Waals surface area contributed by atoms with E-state index in [-0.39, 0.29) is 5.60 Å². The first-order chi connectivity index (χ1) is 8.46. The number of hydrogen-bond acceptors (Lipinski definition) is 3. The van der Waals surface area contributed by atoms with Gasteiger partial charge < -0.3 is 15.2 Å². The van der Waals surface area contributed by atoms with Crippen LogP contribution in [0, 0.1) is 5.92 Å². The highest BCUT2D eigenvalue weighted by Gasteiger charge is 2.34. The molecule has 106 valence electrons. The Morgan fingerprint density at radius 1 is 1.06 bits per heavy atom. The number of nitrogens with one attached hydrogen (secondary N) is 1. The number of aliphatic hydroxyl groups excluding tert-OH is 1. The zero-order valence-electron chi connectivity index (χ0n) is 12.1. The van der Waals surface area contributed by atoms with Crippen LogP contribution in [0.1, 0.15) is 59.3 Å².